The summed E-state index contributed by atoms with van der Waals surface area (Å²) in [6, 6.07) is 2.99. The van der Waals surface area contributed by atoms with Crippen LogP contribution in [0, 0.1) is 16.7 Å². The largest absolute Gasteiger partial charge is 0.288 e. The van der Waals surface area contributed by atoms with Crippen molar-refractivity contribution in [3.8, 4) is 6.07 Å². The normalized spacial score (nSPS) is 24.6. The zero-order valence-electron chi connectivity index (χ0n) is 9.88. The highest BCUT2D eigenvalue weighted by atomic mass is 15.2. The summed E-state index contributed by atoms with van der Waals surface area (Å²) >= 11 is 0. The first kappa shape index (κ1) is 11.5. The van der Waals surface area contributed by atoms with Crippen molar-refractivity contribution in [3.63, 3.8) is 0 Å². The average Bonchev–Trinajstić information content (AvgIpc) is 2.15. The molecule has 2 nitrogen and oxygen atoms in total. The molecule has 0 spiro atoms. The summed E-state index contributed by atoms with van der Waals surface area (Å²) in [6.07, 6.45) is 5.07. The first-order chi connectivity index (χ1) is 6.46. The summed E-state index contributed by atoms with van der Waals surface area (Å²) in [5.74, 6) is 0. The van der Waals surface area contributed by atoms with Gasteiger partial charge >= 0.3 is 0 Å². The quantitative estimate of drug-likeness (QED) is 0.676. The van der Waals surface area contributed by atoms with Crippen molar-refractivity contribution in [1.82, 2.24) is 4.90 Å². The number of hydrogen-bond donors (Lipinski definition) is 0. The predicted octanol–water partition coefficient (Wildman–Crippen LogP) is 2.80. The molecule has 0 aliphatic heterocycles. The van der Waals surface area contributed by atoms with Crippen molar-refractivity contribution < 1.29 is 0 Å². The molecule has 0 heterocycles. The van der Waals surface area contributed by atoms with Gasteiger partial charge in [-0.3, -0.25) is 4.90 Å². The van der Waals surface area contributed by atoms with Gasteiger partial charge in [0.25, 0.3) is 0 Å². The SMILES string of the molecule is CC(C#N)N(C)C1CCC(C)(C)CC1. The Labute approximate surface area is 87.9 Å². The van der Waals surface area contributed by atoms with Gasteiger partial charge in [-0.25, -0.2) is 0 Å². The maximum Gasteiger partial charge on any atom is 0.0949 e. The van der Waals surface area contributed by atoms with Gasteiger partial charge in [-0.1, -0.05) is 13.8 Å². The van der Waals surface area contributed by atoms with E-state index >= 15 is 0 Å². The van der Waals surface area contributed by atoms with Gasteiger partial charge in [0.2, 0.25) is 0 Å². The zero-order valence-corrected chi connectivity index (χ0v) is 9.88. The molecule has 0 aromatic heterocycles. The summed E-state index contributed by atoms with van der Waals surface area (Å²) in [5.41, 5.74) is 0.521. The highest BCUT2D eigenvalue weighted by Gasteiger charge is 2.30. The monoisotopic (exact) mass is 194 g/mol. The Hall–Kier alpha value is -0.550. The Bertz CT molecular complexity index is 217. The topological polar surface area (TPSA) is 27.0 Å². The fraction of sp³-hybridized carbons (Fsp3) is 0.917. The first-order valence-electron chi connectivity index (χ1n) is 5.58. The molecule has 1 unspecified atom stereocenters. The zero-order chi connectivity index (χ0) is 10.8. The lowest BCUT2D eigenvalue weighted by molar-refractivity contribution is 0.116. The molecule has 1 fully saturated rings. The fourth-order valence-corrected chi connectivity index (χ4v) is 2.20. The molecule has 2 heteroatoms. The molecule has 0 aromatic carbocycles. The van der Waals surface area contributed by atoms with Gasteiger partial charge in [0.1, 0.15) is 0 Å². The summed E-state index contributed by atoms with van der Waals surface area (Å²) in [6.45, 7) is 6.67. The van der Waals surface area contributed by atoms with E-state index in [1.54, 1.807) is 0 Å². The number of nitrogens with zero attached hydrogens (tertiary/aromatic N) is 2. The lowest BCUT2D eigenvalue weighted by Gasteiger charge is -2.39. The van der Waals surface area contributed by atoms with Crippen molar-refractivity contribution in [1.29, 1.82) is 5.26 Å². The van der Waals surface area contributed by atoms with Crippen molar-refractivity contribution in [2.45, 2.75) is 58.5 Å². The minimum Gasteiger partial charge on any atom is -0.288 e. The Morgan fingerprint density at radius 1 is 1.36 bits per heavy atom. The van der Waals surface area contributed by atoms with Gasteiger partial charge in [-0.2, -0.15) is 5.26 Å². The standard InChI is InChI=1S/C12H22N2/c1-10(9-13)14(4)11-5-7-12(2,3)8-6-11/h10-11H,5-8H2,1-4H3. The van der Waals surface area contributed by atoms with Gasteiger partial charge in [0, 0.05) is 6.04 Å². The van der Waals surface area contributed by atoms with Crippen molar-refractivity contribution in [2.24, 2.45) is 5.41 Å². The van der Waals surface area contributed by atoms with E-state index in [2.05, 4.69) is 31.9 Å². The van der Waals surface area contributed by atoms with Gasteiger partial charge in [0.15, 0.2) is 0 Å². The van der Waals surface area contributed by atoms with E-state index in [1.165, 1.54) is 25.7 Å². The van der Waals surface area contributed by atoms with Crippen LogP contribution in [0.3, 0.4) is 0 Å². The third-order valence-electron chi connectivity index (χ3n) is 3.68. The van der Waals surface area contributed by atoms with E-state index in [0.29, 0.717) is 11.5 Å². The summed E-state index contributed by atoms with van der Waals surface area (Å²) in [7, 11) is 2.08. The van der Waals surface area contributed by atoms with Crippen LogP contribution in [0.5, 0.6) is 0 Å². The van der Waals surface area contributed by atoms with Crippen LogP contribution in [-0.2, 0) is 0 Å². The molecule has 1 saturated carbocycles. The molecule has 1 aliphatic carbocycles. The van der Waals surface area contributed by atoms with E-state index in [4.69, 9.17) is 5.26 Å². The predicted molar refractivity (Wildman–Crippen MR) is 58.9 cm³/mol. The second-order valence-electron chi connectivity index (χ2n) is 5.37. The number of rotatable bonds is 2. The van der Waals surface area contributed by atoms with E-state index in [-0.39, 0.29) is 6.04 Å². The van der Waals surface area contributed by atoms with Gasteiger partial charge < -0.3 is 0 Å². The van der Waals surface area contributed by atoms with Gasteiger partial charge in [0.05, 0.1) is 12.1 Å². The van der Waals surface area contributed by atoms with Crippen molar-refractivity contribution in [3.05, 3.63) is 0 Å². The summed E-state index contributed by atoms with van der Waals surface area (Å²) < 4.78 is 0. The minimum absolute atomic E-state index is 0.0567. The summed E-state index contributed by atoms with van der Waals surface area (Å²) in [4.78, 5) is 2.23. The molecule has 80 valence electrons. The van der Waals surface area contributed by atoms with Crippen molar-refractivity contribution in [2.75, 3.05) is 7.05 Å². The molecular weight excluding hydrogens is 172 g/mol. The number of nitriles is 1. The van der Waals surface area contributed by atoms with Crippen LogP contribution in [0.25, 0.3) is 0 Å². The first-order valence-corrected chi connectivity index (χ1v) is 5.58. The summed E-state index contributed by atoms with van der Waals surface area (Å²) in [5, 5.41) is 8.85. The molecule has 0 bridgehead atoms. The molecule has 0 aromatic rings. The minimum atomic E-state index is 0.0567. The molecule has 1 atom stereocenters. The molecule has 0 N–H and O–H groups in total. The molecule has 0 saturated heterocycles. The van der Waals surface area contributed by atoms with Crippen LogP contribution in [-0.4, -0.2) is 24.0 Å². The maximum atomic E-state index is 8.85. The molecule has 14 heavy (non-hydrogen) atoms. The van der Waals surface area contributed by atoms with Gasteiger partial charge in [-0.15, -0.1) is 0 Å². The van der Waals surface area contributed by atoms with E-state index < -0.39 is 0 Å². The Balaban J connectivity index is 2.46. The van der Waals surface area contributed by atoms with Crippen LogP contribution < -0.4 is 0 Å². The third kappa shape index (κ3) is 2.72. The van der Waals surface area contributed by atoms with Crippen LogP contribution in [0.15, 0.2) is 0 Å². The van der Waals surface area contributed by atoms with Crippen LogP contribution >= 0.6 is 0 Å². The number of hydrogen-bond acceptors (Lipinski definition) is 2. The van der Waals surface area contributed by atoms with E-state index in [0.717, 1.165) is 0 Å². The maximum absolute atomic E-state index is 8.85. The second kappa shape index (κ2) is 4.31. The molecule has 0 radical (unpaired) electrons. The van der Waals surface area contributed by atoms with Gasteiger partial charge in [-0.05, 0) is 45.1 Å². The molecule has 1 rings (SSSR count). The average molecular weight is 194 g/mol. The van der Waals surface area contributed by atoms with E-state index in [9.17, 15) is 0 Å². The Kier molecular flexibility index (Phi) is 3.55. The smallest absolute Gasteiger partial charge is 0.0949 e. The molecular formula is C12H22N2. The lowest BCUT2D eigenvalue weighted by Crippen LogP contribution is -2.41. The van der Waals surface area contributed by atoms with Crippen LogP contribution in [0.2, 0.25) is 0 Å². The lowest BCUT2D eigenvalue weighted by atomic mass is 9.75. The van der Waals surface area contributed by atoms with E-state index in [1.807, 2.05) is 6.92 Å². The second-order valence-corrected chi connectivity index (χ2v) is 5.37. The highest BCUT2D eigenvalue weighted by molar-refractivity contribution is 4.92. The Morgan fingerprint density at radius 3 is 2.29 bits per heavy atom. The van der Waals surface area contributed by atoms with Crippen LogP contribution in [0.4, 0.5) is 0 Å². The Morgan fingerprint density at radius 2 is 1.86 bits per heavy atom. The van der Waals surface area contributed by atoms with Crippen LogP contribution in [0.1, 0.15) is 46.5 Å². The fourth-order valence-electron chi connectivity index (χ4n) is 2.20. The molecule has 1 aliphatic rings. The highest BCUT2D eigenvalue weighted by Crippen LogP contribution is 2.36. The molecule has 0 amide bonds. The third-order valence-corrected chi connectivity index (χ3v) is 3.68. The van der Waals surface area contributed by atoms with Crippen molar-refractivity contribution >= 4 is 0 Å².